The molecule has 136 valence electrons. The van der Waals surface area contributed by atoms with Gasteiger partial charge in [-0.15, -0.1) is 5.11 Å². The van der Waals surface area contributed by atoms with E-state index >= 15 is 0 Å². The number of carboxylic acids is 1. The zero-order valence-electron chi connectivity index (χ0n) is 13.9. The molecule has 0 aliphatic rings. The summed E-state index contributed by atoms with van der Waals surface area (Å²) in [5.41, 5.74) is -0.442. The van der Waals surface area contributed by atoms with Crippen molar-refractivity contribution in [2.24, 2.45) is 10.2 Å². The molecule has 0 saturated heterocycles. The van der Waals surface area contributed by atoms with Gasteiger partial charge in [-0.3, -0.25) is 19.7 Å². The van der Waals surface area contributed by atoms with Crippen LogP contribution in [0.15, 0.2) is 57.7 Å². The summed E-state index contributed by atoms with van der Waals surface area (Å²) in [7, 11) is 0. The van der Waals surface area contributed by atoms with E-state index in [2.05, 4.69) is 20.3 Å². The number of aromatic nitrogens is 3. The van der Waals surface area contributed by atoms with E-state index in [1.54, 1.807) is 6.92 Å². The van der Waals surface area contributed by atoms with E-state index in [4.69, 9.17) is 5.11 Å². The average molecular weight is 367 g/mol. The van der Waals surface area contributed by atoms with Gasteiger partial charge in [0.1, 0.15) is 11.3 Å². The first kappa shape index (κ1) is 17.7. The van der Waals surface area contributed by atoms with Crippen molar-refractivity contribution in [2.75, 3.05) is 0 Å². The van der Waals surface area contributed by atoms with Gasteiger partial charge in [0.2, 0.25) is 0 Å². The molecule has 3 aromatic rings. The molecular formula is C17H13N5O5. The van der Waals surface area contributed by atoms with E-state index in [0.29, 0.717) is 5.69 Å². The van der Waals surface area contributed by atoms with E-state index < -0.39 is 23.2 Å². The molecule has 0 atom stereocenters. The monoisotopic (exact) mass is 367 g/mol. The highest BCUT2D eigenvalue weighted by Gasteiger charge is 2.17. The maximum absolute atomic E-state index is 12.5. The summed E-state index contributed by atoms with van der Waals surface area (Å²) in [5, 5.41) is 28.8. The van der Waals surface area contributed by atoms with Crippen LogP contribution >= 0.6 is 0 Å². The fourth-order valence-corrected chi connectivity index (χ4v) is 2.29. The molecule has 2 aromatic heterocycles. The quantitative estimate of drug-likeness (QED) is 0.602. The number of H-pyrrole nitrogens is 1. The van der Waals surface area contributed by atoms with Gasteiger partial charge >= 0.3 is 11.5 Å². The van der Waals surface area contributed by atoms with Gasteiger partial charge in [-0.05, 0) is 37.3 Å². The molecule has 0 amide bonds. The van der Waals surface area contributed by atoms with Crippen LogP contribution in [0.1, 0.15) is 26.4 Å². The summed E-state index contributed by atoms with van der Waals surface area (Å²) in [6.45, 7) is 1.55. The zero-order chi connectivity index (χ0) is 19.6. The van der Waals surface area contributed by atoms with E-state index in [1.165, 1.54) is 30.6 Å². The second kappa shape index (κ2) is 7.04. The lowest BCUT2D eigenvalue weighted by Crippen LogP contribution is -2.25. The molecule has 10 nitrogen and oxygen atoms in total. The van der Waals surface area contributed by atoms with Crippen molar-refractivity contribution in [3.63, 3.8) is 0 Å². The van der Waals surface area contributed by atoms with Crippen molar-refractivity contribution in [3.05, 3.63) is 69.9 Å². The number of phenols is 1. The number of carboxylic acid groups (broad SMARTS) is 1. The Morgan fingerprint density at radius 2 is 1.85 bits per heavy atom. The third-order valence-corrected chi connectivity index (χ3v) is 3.65. The number of azo groups is 1. The maximum atomic E-state index is 12.5. The van der Waals surface area contributed by atoms with Crippen LogP contribution in [0.25, 0.3) is 0 Å². The van der Waals surface area contributed by atoms with Crippen molar-refractivity contribution in [3.8, 4) is 5.75 Å². The van der Waals surface area contributed by atoms with Crippen LogP contribution < -0.4 is 5.56 Å². The van der Waals surface area contributed by atoms with Gasteiger partial charge in [-0.1, -0.05) is 0 Å². The largest absolute Gasteiger partial charge is 0.507 e. The highest BCUT2D eigenvalue weighted by atomic mass is 16.4. The Balaban J connectivity index is 1.95. The van der Waals surface area contributed by atoms with E-state index in [-0.39, 0.29) is 22.5 Å². The molecule has 27 heavy (non-hydrogen) atoms. The van der Waals surface area contributed by atoms with Crippen molar-refractivity contribution in [1.29, 1.82) is 0 Å². The molecule has 0 fully saturated rings. The summed E-state index contributed by atoms with van der Waals surface area (Å²) in [6, 6.07) is 6.55. The molecule has 0 spiro atoms. The minimum atomic E-state index is -1.33. The fourth-order valence-electron chi connectivity index (χ4n) is 2.29. The normalized spacial score (nSPS) is 11.0. The third kappa shape index (κ3) is 3.49. The van der Waals surface area contributed by atoms with Gasteiger partial charge in [-0.25, -0.2) is 4.79 Å². The van der Waals surface area contributed by atoms with Crippen molar-refractivity contribution < 1.29 is 19.8 Å². The van der Waals surface area contributed by atoms with E-state index in [9.17, 15) is 19.5 Å². The first-order valence-corrected chi connectivity index (χ1v) is 7.63. The lowest BCUT2D eigenvalue weighted by Gasteiger charge is -1.99. The van der Waals surface area contributed by atoms with Crippen LogP contribution in [-0.4, -0.2) is 36.9 Å². The Bertz CT molecular complexity index is 1110. The van der Waals surface area contributed by atoms with Gasteiger partial charge in [0, 0.05) is 18.0 Å². The number of hydrogen-bond acceptors (Lipinski definition) is 7. The van der Waals surface area contributed by atoms with Crippen molar-refractivity contribution >= 4 is 23.3 Å². The number of carbonyl (C=O) groups excluding carboxylic acids is 1. The first-order valence-electron chi connectivity index (χ1n) is 7.63. The Kier molecular flexibility index (Phi) is 4.62. The minimum absolute atomic E-state index is 0.0950. The number of hydrogen-bond donors (Lipinski definition) is 3. The van der Waals surface area contributed by atoms with Crippen LogP contribution in [0.5, 0.6) is 5.75 Å². The van der Waals surface area contributed by atoms with Crippen LogP contribution in [0.2, 0.25) is 0 Å². The fraction of sp³-hybridized carbons (Fsp3) is 0.0588. The molecule has 0 unspecified atom stereocenters. The molecular weight excluding hydrogens is 354 g/mol. The number of pyridine rings is 1. The number of aromatic carboxylic acids is 1. The highest BCUT2D eigenvalue weighted by molar-refractivity contribution is 5.95. The third-order valence-electron chi connectivity index (χ3n) is 3.65. The number of nitrogens with zero attached hydrogens (tertiary/aromatic N) is 4. The van der Waals surface area contributed by atoms with E-state index in [0.717, 1.165) is 16.8 Å². The smallest absolute Gasteiger partial charge is 0.339 e. The molecule has 2 heterocycles. The summed E-state index contributed by atoms with van der Waals surface area (Å²) >= 11 is 0. The van der Waals surface area contributed by atoms with Gasteiger partial charge in [-0.2, -0.15) is 9.80 Å². The summed E-state index contributed by atoms with van der Waals surface area (Å²) in [4.78, 5) is 39.7. The molecule has 3 rings (SSSR count). The number of aromatic amines is 1. The highest BCUT2D eigenvalue weighted by Crippen LogP contribution is 2.25. The summed E-state index contributed by atoms with van der Waals surface area (Å²) < 4.78 is 0.804. The number of benzene rings is 1. The number of aromatic hydroxyl groups is 1. The molecule has 0 bridgehead atoms. The standard InChI is InChI=1S/C17H13N5O5/c1-9-14(20-19-11-2-3-13(23)12(8-11)17(26)27)16(25)22(21-9)15(24)10-4-6-18-7-5-10/h2-8,21,23H,1H3,(H,26,27). The van der Waals surface area contributed by atoms with Crippen LogP contribution in [-0.2, 0) is 0 Å². The van der Waals surface area contributed by atoms with Gasteiger partial charge in [0.05, 0.1) is 11.4 Å². The topological polar surface area (TPSA) is 150 Å². The Hall–Kier alpha value is -4.08. The summed E-state index contributed by atoms with van der Waals surface area (Å²) in [5.74, 6) is -2.32. The van der Waals surface area contributed by atoms with Gasteiger partial charge in [0.15, 0.2) is 5.69 Å². The lowest BCUT2D eigenvalue weighted by molar-refractivity contribution is 0.0693. The zero-order valence-corrected chi connectivity index (χ0v) is 13.9. The van der Waals surface area contributed by atoms with Crippen molar-refractivity contribution in [2.45, 2.75) is 6.92 Å². The second-order valence-electron chi connectivity index (χ2n) is 5.47. The molecule has 0 aliphatic carbocycles. The van der Waals surface area contributed by atoms with Crippen LogP contribution in [0.3, 0.4) is 0 Å². The SMILES string of the molecule is Cc1[nH]n(C(=O)c2ccncc2)c(=O)c1N=Nc1ccc(O)c(C(=O)O)c1. The predicted molar refractivity (Wildman–Crippen MR) is 93.0 cm³/mol. The minimum Gasteiger partial charge on any atom is -0.507 e. The Morgan fingerprint density at radius 3 is 2.52 bits per heavy atom. The number of nitrogens with one attached hydrogen (secondary N) is 1. The van der Waals surface area contributed by atoms with Crippen LogP contribution in [0.4, 0.5) is 11.4 Å². The van der Waals surface area contributed by atoms with Gasteiger partial charge < -0.3 is 10.2 Å². The number of rotatable bonds is 4. The predicted octanol–water partition coefficient (Wildman–Crippen LogP) is 2.39. The molecule has 1 aromatic carbocycles. The molecule has 0 radical (unpaired) electrons. The first-order chi connectivity index (χ1) is 12.9. The second-order valence-corrected chi connectivity index (χ2v) is 5.47. The summed E-state index contributed by atoms with van der Waals surface area (Å²) in [6.07, 6.45) is 2.86. The Morgan fingerprint density at radius 1 is 1.15 bits per heavy atom. The molecule has 10 heteroatoms. The molecule has 0 aliphatic heterocycles. The van der Waals surface area contributed by atoms with Crippen molar-refractivity contribution in [1.82, 2.24) is 14.8 Å². The molecule has 3 N–H and O–H groups in total. The Labute approximate surface area is 151 Å². The average Bonchev–Trinajstić information content (AvgIpc) is 2.95. The van der Waals surface area contributed by atoms with Crippen LogP contribution in [0, 0.1) is 6.92 Å². The lowest BCUT2D eigenvalue weighted by atomic mass is 10.2. The maximum Gasteiger partial charge on any atom is 0.339 e. The van der Waals surface area contributed by atoms with Gasteiger partial charge in [0.25, 0.3) is 5.91 Å². The number of carbonyl (C=O) groups is 2. The molecule has 0 saturated carbocycles. The van der Waals surface area contributed by atoms with E-state index in [1.807, 2.05) is 0 Å². The number of aryl methyl sites for hydroxylation is 1.